The zero-order valence-electron chi connectivity index (χ0n) is 10.6. The molecule has 0 aliphatic carbocycles. The first-order chi connectivity index (χ1) is 8.63. The number of hydrogen-bond acceptors (Lipinski definition) is 3. The number of carbonyl (C=O) groups excluding carboxylic acids is 1. The van der Waals surface area contributed by atoms with E-state index in [4.69, 9.17) is 9.47 Å². The van der Waals surface area contributed by atoms with E-state index < -0.39 is 0 Å². The fourth-order valence-corrected chi connectivity index (χ4v) is 1.29. The zero-order valence-corrected chi connectivity index (χ0v) is 10.6. The lowest BCUT2D eigenvalue weighted by atomic mass is 10.1. The predicted octanol–water partition coefficient (Wildman–Crippen LogP) is 2.91. The minimum absolute atomic E-state index is 0.346. The third-order valence-electron chi connectivity index (χ3n) is 2.26. The van der Waals surface area contributed by atoms with Crippen LogP contribution in [0.25, 0.3) is 0 Å². The lowest BCUT2D eigenvalue weighted by Crippen LogP contribution is -2.07. The van der Waals surface area contributed by atoms with Gasteiger partial charge in [0.1, 0.15) is 12.4 Å². The zero-order chi connectivity index (χ0) is 13.4. The molecule has 0 saturated carbocycles. The molecule has 0 aliphatic rings. The molecule has 3 nitrogen and oxygen atoms in total. The Morgan fingerprint density at radius 1 is 1.33 bits per heavy atom. The molecule has 0 atom stereocenters. The Hall–Kier alpha value is -2.03. The molecule has 1 aromatic carbocycles. The van der Waals surface area contributed by atoms with E-state index in [0.717, 1.165) is 11.3 Å². The van der Waals surface area contributed by atoms with Crippen LogP contribution in [0.5, 0.6) is 5.75 Å². The Kier molecular flexibility index (Phi) is 5.71. The summed E-state index contributed by atoms with van der Waals surface area (Å²) in [5.41, 5.74) is 1.51. The molecule has 0 spiro atoms. The summed E-state index contributed by atoms with van der Waals surface area (Å²) >= 11 is 0. The van der Waals surface area contributed by atoms with E-state index in [1.165, 1.54) is 0 Å². The lowest BCUT2D eigenvalue weighted by molar-refractivity contribution is -0.138. The quantitative estimate of drug-likeness (QED) is 0.421. The van der Waals surface area contributed by atoms with Gasteiger partial charge in [-0.05, 0) is 24.6 Å². The minimum atomic E-state index is -0.346. The molecule has 0 bridgehead atoms. The van der Waals surface area contributed by atoms with Crippen LogP contribution in [0.3, 0.4) is 0 Å². The highest BCUT2D eigenvalue weighted by molar-refractivity contribution is 5.86. The van der Waals surface area contributed by atoms with Gasteiger partial charge in [-0.15, -0.1) is 0 Å². The largest absolute Gasteiger partial charge is 0.490 e. The van der Waals surface area contributed by atoms with Crippen LogP contribution >= 0.6 is 0 Å². The summed E-state index contributed by atoms with van der Waals surface area (Å²) in [5.74, 6) is 0.457. The average Bonchev–Trinajstić information content (AvgIpc) is 2.37. The molecular formula is C15H18O3. The molecule has 0 saturated heterocycles. The van der Waals surface area contributed by atoms with Gasteiger partial charge in [-0.25, -0.2) is 4.79 Å². The van der Waals surface area contributed by atoms with Crippen LogP contribution in [-0.2, 0) is 16.0 Å². The molecule has 18 heavy (non-hydrogen) atoms. The van der Waals surface area contributed by atoms with Crippen molar-refractivity contribution in [1.29, 1.82) is 0 Å². The lowest BCUT2D eigenvalue weighted by Gasteiger charge is -2.06. The normalized spacial score (nSPS) is 9.61. The van der Waals surface area contributed by atoms with Crippen LogP contribution in [0.1, 0.15) is 12.5 Å². The molecule has 0 aliphatic heterocycles. The molecule has 0 unspecified atom stereocenters. The molecular weight excluding hydrogens is 228 g/mol. The second kappa shape index (κ2) is 7.33. The minimum Gasteiger partial charge on any atom is -0.490 e. The summed E-state index contributed by atoms with van der Waals surface area (Å²) in [7, 11) is 0. The summed E-state index contributed by atoms with van der Waals surface area (Å²) in [6, 6.07) is 7.68. The van der Waals surface area contributed by atoms with Crippen molar-refractivity contribution in [1.82, 2.24) is 0 Å². The molecule has 96 valence electrons. The highest BCUT2D eigenvalue weighted by atomic mass is 16.5. The molecule has 0 N–H and O–H groups in total. The number of carbonyl (C=O) groups is 1. The number of hydrogen-bond donors (Lipinski definition) is 0. The van der Waals surface area contributed by atoms with E-state index in [1.807, 2.05) is 24.3 Å². The highest BCUT2D eigenvalue weighted by Gasteiger charge is 2.02. The van der Waals surface area contributed by atoms with Gasteiger partial charge >= 0.3 is 5.97 Å². The van der Waals surface area contributed by atoms with E-state index in [0.29, 0.717) is 25.2 Å². The molecule has 3 heteroatoms. The molecule has 1 rings (SSSR count). The van der Waals surface area contributed by atoms with Gasteiger partial charge in [-0.1, -0.05) is 31.4 Å². The fourth-order valence-electron chi connectivity index (χ4n) is 1.29. The van der Waals surface area contributed by atoms with Crippen LogP contribution in [0.2, 0.25) is 0 Å². The van der Waals surface area contributed by atoms with Crippen LogP contribution in [0.15, 0.2) is 49.1 Å². The maximum atomic E-state index is 11.2. The van der Waals surface area contributed by atoms with Crippen molar-refractivity contribution in [3.63, 3.8) is 0 Å². The standard InChI is InChI=1S/C15H18O3/c1-4-10-17-14-7-5-13(6-8-14)9-11-18-15(16)12(2)3/h4-8H,1-2,9-11H2,3H3. The van der Waals surface area contributed by atoms with Crippen LogP contribution < -0.4 is 4.74 Å². The topological polar surface area (TPSA) is 35.5 Å². The van der Waals surface area contributed by atoms with Crippen LogP contribution in [0.4, 0.5) is 0 Å². The molecule has 0 amide bonds. The van der Waals surface area contributed by atoms with Gasteiger partial charge in [0.2, 0.25) is 0 Å². The summed E-state index contributed by atoms with van der Waals surface area (Å²) < 4.78 is 10.4. The van der Waals surface area contributed by atoms with E-state index in [-0.39, 0.29) is 5.97 Å². The SMILES string of the molecule is C=CCOc1ccc(CCOC(=O)C(=C)C)cc1. The smallest absolute Gasteiger partial charge is 0.333 e. The monoisotopic (exact) mass is 246 g/mol. The van der Waals surface area contributed by atoms with Gasteiger partial charge in [0.15, 0.2) is 0 Å². The van der Waals surface area contributed by atoms with Crippen molar-refractivity contribution >= 4 is 5.97 Å². The third kappa shape index (κ3) is 4.87. The molecule has 0 radical (unpaired) electrons. The average molecular weight is 246 g/mol. The van der Waals surface area contributed by atoms with Gasteiger partial charge in [-0.3, -0.25) is 0 Å². The Bertz CT molecular complexity index is 418. The number of ether oxygens (including phenoxy) is 2. The van der Waals surface area contributed by atoms with Gasteiger partial charge in [0.05, 0.1) is 6.61 Å². The number of esters is 1. The first kappa shape index (κ1) is 14.0. The van der Waals surface area contributed by atoms with Gasteiger partial charge in [0.25, 0.3) is 0 Å². The highest BCUT2D eigenvalue weighted by Crippen LogP contribution is 2.12. The fraction of sp³-hybridized carbons (Fsp3) is 0.267. The maximum absolute atomic E-state index is 11.2. The summed E-state index contributed by atoms with van der Waals surface area (Å²) in [6.45, 7) is 9.59. The van der Waals surface area contributed by atoms with E-state index >= 15 is 0 Å². The Labute approximate surface area is 108 Å². The summed E-state index contributed by atoms with van der Waals surface area (Å²) in [4.78, 5) is 11.2. The van der Waals surface area contributed by atoms with E-state index in [1.54, 1.807) is 13.0 Å². The Morgan fingerprint density at radius 3 is 2.56 bits per heavy atom. The Balaban J connectivity index is 2.37. The number of benzene rings is 1. The van der Waals surface area contributed by atoms with Gasteiger partial charge in [0, 0.05) is 12.0 Å². The van der Waals surface area contributed by atoms with Crippen LogP contribution in [0, 0.1) is 0 Å². The summed E-state index contributed by atoms with van der Waals surface area (Å²) in [6.07, 6.45) is 2.38. The maximum Gasteiger partial charge on any atom is 0.333 e. The van der Waals surface area contributed by atoms with E-state index in [9.17, 15) is 4.79 Å². The first-order valence-electron chi connectivity index (χ1n) is 5.78. The second-order valence-electron chi connectivity index (χ2n) is 3.91. The Morgan fingerprint density at radius 2 is 2.00 bits per heavy atom. The van der Waals surface area contributed by atoms with Crippen molar-refractivity contribution in [2.24, 2.45) is 0 Å². The van der Waals surface area contributed by atoms with Crippen molar-refractivity contribution in [2.45, 2.75) is 13.3 Å². The third-order valence-corrected chi connectivity index (χ3v) is 2.26. The molecule has 1 aromatic rings. The van der Waals surface area contributed by atoms with Crippen molar-refractivity contribution in [3.8, 4) is 5.75 Å². The van der Waals surface area contributed by atoms with Crippen molar-refractivity contribution in [2.75, 3.05) is 13.2 Å². The van der Waals surface area contributed by atoms with Crippen molar-refractivity contribution in [3.05, 3.63) is 54.6 Å². The number of rotatable bonds is 7. The molecule has 0 fully saturated rings. The van der Waals surface area contributed by atoms with Crippen LogP contribution in [-0.4, -0.2) is 19.2 Å². The summed E-state index contributed by atoms with van der Waals surface area (Å²) in [5, 5.41) is 0. The van der Waals surface area contributed by atoms with E-state index in [2.05, 4.69) is 13.2 Å². The van der Waals surface area contributed by atoms with Crippen molar-refractivity contribution < 1.29 is 14.3 Å². The second-order valence-corrected chi connectivity index (χ2v) is 3.91. The molecule has 0 aromatic heterocycles. The van der Waals surface area contributed by atoms with Gasteiger partial charge in [-0.2, -0.15) is 0 Å². The first-order valence-corrected chi connectivity index (χ1v) is 5.78. The van der Waals surface area contributed by atoms with Gasteiger partial charge < -0.3 is 9.47 Å². The predicted molar refractivity (Wildman–Crippen MR) is 71.6 cm³/mol. The molecule has 0 heterocycles.